The van der Waals surface area contributed by atoms with Crippen LogP contribution in [0.2, 0.25) is 0 Å². The number of rotatable bonds is 7. The Morgan fingerprint density at radius 2 is 1.83 bits per heavy atom. The van der Waals surface area contributed by atoms with Gasteiger partial charge < -0.3 is 5.73 Å². The number of hydrogen-bond acceptors (Lipinski definition) is 3. The largest absolute Gasteiger partial charge is 0.388 e. The fourth-order valence-corrected chi connectivity index (χ4v) is 1.92. The number of thiocarbonyl (C=S) groups is 1. The molecule has 5 heteroatoms. The van der Waals surface area contributed by atoms with Crippen LogP contribution in [0.25, 0.3) is 0 Å². The zero-order valence-corrected chi connectivity index (χ0v) is 12.6. The van der Waals surface area contributed by atoms with Gasteiger partial charge >= 0.3 is 0 Å². The minimum absolute atomic E-state index is 0.351. The van der Waals surface area contributed by atoms with Crippen LogP contribution in [-0.2, 0) is 13.0 Å². The molecular weight excluding hydrogens is 244 g/mol. The van der Waals surface area contributed by atoms with E-state index in [1.165, 1.54) is 0 Å². The summed E-state index contributed by atoms with van der Waals surface area (Å²) in [5.74, 6) is 1.30. The maximum Gasteiger partial charge on any atom is 0.143 e. The highest BCUT2D eigenvalue weighted by molar-refractivity contribution is 7.80. The maximum atomic E-state index is 5.71. The summed E-state index contributed by atoms with van der Waals surface area (Å²) >= 11 is 5.04. The summed E-state index contributed by atoms with van der Waals surface area (Å²) in [5.41, 5.74) is 7.50. The van der Waals surface area contributed by atoms with Crippen molar-refractivity contribution in [3.05, 3.63) is 11.4 Å². The van der Waals surface area contributed by atoms with Gasteiger partial charge in [0, 0.05) is 6.54 Å². The molecule has 1 heterocycles. The van der Waals surface area contributed by atoms with Crippen LogP contribution in [0, 0.1) is 11.8 Å². The van der Waals surface area contributed by atoms with E-state index in [0.29, 0.717) is 22.5 Å². The first-order valence-corrected chi connectivity index (χ1v) is 7.04. The Hall–Kier alpha value is -0.970. The van der Waals surface area contributed by atoms with Crippen LogP contribution < -0.4 is 5.73 Å². The summed E-state index contributed by atoms with van der Waals surface area (Å²) in [6.45, 7) is 9.73. The first-order chi connectivity index (χ1) is 8.41. The van der Waals surface area contributed by atoms with Crippen molar-refractivity contribution in [2.75, 3.05) is 0 Å². The lowest BCUT2D eigenvalue weighted by molar-refractivity contribution is 0.459. The van der Waals surface area contributed by atoms with Gasteiger partial charge in [0.25, 0.3) is 0 Å². The highest BCUT2D eigenvalue weighted by Gasteiger charge is 2.15. The van der Waals surface area contributed by atoms with Crippen molar-refractivity contribution in [1.82, 2.24) is 15.0 Å². The molecule has 1 rings (SSSR count). The van der Waals surface area contributed by atoms with Gasteiger partial charge in [0.2, 0.25) is 0 Å². The molecule has 102 valence electrons. The molecule has 0 amide bonds. The van der Waals surface area contributed by atoms with Crippen LogP contribution >= 0.6 is 12.2 Å². The minimum Gasteiger partial charge on any atom is -0.388 e. The second-order valence-electron chi connectivity index (χ2n) is 5.59. The maximum absolute atomic E-state index is 5.71. The molecule has 1 aromatic heterocycles. The summed E-state index contributed by atoms with van der Waals surface area (Å²) in [4.78, 5) is 0.351. The van der Waals surface area contributed by atoms with Crippen molar-refractivity contribution in [2.24, 2.45) is 17.6 Å². The third kappa shape index (κ3) is 4.37. The average Bonchev–Trinajstić information content (AvgIpc) is 2.66. The SMILES string of the molecule is CC(C)CCc1c(C(N)=S)nnn1CCC(C)C. The van der Waals surface area contributed by atoms with E-state index < -0.39 is 0 Å². The molecule has 4 nitrogen and oxygen atoms in total. The van der Waals surface area contributed by atoms with Crippen molar-refractivity contribution in [2.45, 2.75) is 53.5 Å². The zero-order valence-electron chi connectivity index (χ0n) is 11.8. The van der Waals surface area contributed by atoms with E-state index in [2.05, 4.69) is 38.0 Å². The lowest BCUT2D eigenvalue weighted by atomic mass is 10.0. The van der Waals surface area contributed by atoms with Gasteiger partial charge in [-0.05, 0) is 31.1 Å². The monoisotopic (exact) mass is 268 g/mol. The van der Waals surface area contributed by atoms with Crippen LogP contribution in [0.4, 0.5) is 0 Å². The second kappa shape index (κ2) is 6.83. The Morgan fingerprint density at radius 1 is 1.22 bits per heavy atom. The number of nitrogens with two attached hydrogens (primary N) is 1. The normalized spacial score (nSPS) is 11.4. The molecule has 0 aliphatic heterocycles. The van der Waals surface area contributed by atoms with Crippen LogP contribution in [0.1, 0.15) is 51.9 Å². The molecule has 0 saturated carbocycles. The summed E-state index contributed by atoms with van der Waals surface area (Å²) in [6.07, 6.45) is 3.13. The molecule has 18 heavy (non-hydrogen) atoms. The topological polar surface area (TPSA) is 56.7 Å². The van der Waals surface area contributed by atoms with Crippen molar-refractivity contribution < 1.29 is 0 Å². The van der Waals surface area contributed by atoms with E-state index in [1.54, 1.807) is 0 Å². The van der Waals surface area contributed by atoms with E-state index >= 15 is 0 Å². The van der Waals surface area contributed by atoms with Crippen LogP contribution in [-0.4, -0.2) is 20.0 Å². The van der Waals surface area contributed by atoms with Gasteiger partial charge in [-0.15, -0.1) is 5.10 Å². The molecule has 2 N–H and O–H groups in total. The Bertz CT molecular complexity index is 396. The number of nitrogens with zero attached hydrogens (tertiary/aromatic N) is 3. The minimum atomic E-state index is 0.351. The second-order valence-corrected chi connectivity index (χ2v) is 6.03. The van der Waals surface area contributed by atoms with Gasteiger partial charge in [-0.25, -0.2) is 4.68 Å². The molecule has 0 aliphatic carbocycles. The Balaban J connectivity index is 2.85. The first-order valence-electron chi connectivity index (χ1n) is 6.64. The molecule has 0 atom stereocenters. The molecule has 0 unspecified atom stereocenters. The number of hydrogen-bond donors (Lipinski definition) is 1. The lowest BCUT2D eigenvalue weighted by Gasteiger charge is -2.10. The summed E-state index contributed by atoms with van der Waals surface area (Å²) in [7, 11) is 0. The molecule has 0 spiro atoms. The number of aromatic nitrogens is 3. The molecule has 0 fully saturated rings. The molecule has 1 aromatic rings. The van der Waals surface area contributed by atoms with Gasteiger partial charge in [-0.2, -0.15) is 0 Å². The standard InChI is InChI=1S/C13H24N4S/c1-9(2)5-6-11-12(13(14)18)15-16-17(11)8-7-10(3)4/h9-10H,5-8H2,1-4H3,(H2,14,18). The highest BCUT2D eigenvalue weighted by atomic mass is 32.1. The fraction of sp³-hybridized carbons (Fsp3) is 0.769. The Kier molecular flexibility index (Phi) is 5.72. The van der Waals surface area contributed by atoms with E-state index in [-0.39, 0.29) is 0 Å². The summed E-state index contributed by atoms with van der Waals surface area (Å²) in [5, 5.41) is 8.30. The van der Waals surface area contributed by atoms with E-state index in [9.17, 15) is 0 Å². The van der Waals surface area contributed by atoms with Gasteiger partial charge in [0.15, 0.2) is 0 Å². The van der Waals surface area contributed by atoms with Crippen LogP contribution in [0.3, 0.4) is 0 Å². The van der Waals surface area contributed by atoms with Gasteiger partial charge in [-0.3, -0.25) is 0 Å². The number of aryl methyl sites for hydroxylation is 1. The highest BCUT2D eigenvalue weighted by Crippen LogP contribution is 2.14. The average molecular weight is 268 g/mol. The quantitative estimate of drug-likeness (QED) is 0.772. The Labute approximate surface area is 115 Å². The van der Waals surface area contributed by atoms with Crippen LogP contribution in [0.5, 0.6) is 0 Å². The molecule has 0 aromatic carbocycles. The molecular formula is C13H24N4S. The summed E-state index contributed by atoms with van der Waals surface area (Å²) in [6, 6.07) is 0. The molecule has 0 aliphatic rings. The predicted octanol–water partition coefficient (Wildman–Crippen LogP) is 2.55. The van der Waals surface area contributed by atoms with Crippen molar-refractivity contribution in [3.63, 3.8) is 0 Å². The summed E-state index contributed by atoms with van der Waals surface area (Å²) < 4.78 is 1.97. The van der Waals surface area contributed by atoms with Crippen LogP contribution in [0.15, 0.2) is 0 Å². The fourth-order valence-electron chi connectivity index (χ4n) is 1.76. The third-order valence-corrected chi connectivity index (χ3v) is 3.14. The lowest BCUT2D eigenvalue weighted by Crippen LogP contribution is -2.15. The first kappa shape index (κ1) is 15.1. The van der Waals surface area contributed by atoms with Crippen molar-refractivity contribution in [1.29, 1.82) is 0 Å². The molecule has 0 radical (unpaired) electrons. The third-order valence-electron chi connectivity index (χ3n) is 2.95. The van der Waals surface area contributed by atoms with Gasteiger partial charge in [0.05, 0.1) is 5.69 Å². The van der Waals surface area contributed by atoms with Crippen molar-refractivity contribution in [3.8, 4) is 0 Å². The van der Waals surface area contributed by atoms with Gasteiger partial charge in [-0.1, -0.05) is 45.1 Å². The van der Waals surface area contributed by atoms with E-state index in [0.717, 1.165) is 31.5 Å². The smallest absolute Gasteiger partial charge is 0.143 e. The van der Waals surface area contributed by atoms with Crippen molar-refractivity contribution >= 4 is 17.2 Å². The van der Waals surface area contributed by atoms with E-state index in [4.69, 9.17) is 18.0 Å². The Morgan fingerprint density at radius 3 is 2.33 bits per heavy atom. The van der Waals surface area contributed by atoms with E-state index in [1.807, 2.05) is 4.68 Å². The predicted molar refractivity (Wildman–Crippen MR) is 78.5 cm³/mol. The van der Waals surface area contributed by atoms with Gasteiger partial charge in [0.1, 0.15) is 10.7 Å². The molecule has 0 saturated heterocycles. The molecule has 0 bridgehead atoms. The zero-order chi connectivity index (χ0) is 13.7.